The predicted octanol–water partition coefficient (Wildman–Crippen LogP) is 14.3. The highest BCUT2D eigenvalue weighted by atomic mass is 15.0. The molecule has 1 aliphatic rings. The smallest absolute Gasteiger partial charge is 0.156 e. The Morgan fingerprint density at radius 1 is 0.614 bits per heavy atom. The number of hydrogen-bond donors (Lipinski definition) is 0. The third kappa shape index (κ3) is 7.27. The van der Waals surface area contributed by atoms with E-state index in [0.29, 0.717) is 6.42 Å². The molecule has 57 heavy (non-hydrogen) atoms. The van der Waals surface area contributed by atoms with Crippen LogP contribution in [0.3, 0.4) is 0 Å². The molecule has 0 spiro atoms. The van der Waals surface area contributed by atoms with Crippen LogP contribution in [0.2, 0.25) is 0 Å². The molecule has 3 nitrogen and oxygen atoms in total. The molecule has 0 saturated heterocycles. The molecule has 2 heterocycles. The fraction of sp³-hybridized carbons (Fsp3) is 0.185. The monoisotopic (exact) mass is 741 g/mol. The summed E-state index contributed by atoms with van der Waals surface area (Å²) in [7, 11) is 0. The lowest BCUT2D eigenvalue weighted by molar-refractivity contribution is 0.590. The van der Waals surface area contributed by atoms with Gasteiger partial charge in [0.25, 0.3) is 0 Å². The summed E-state index contributed by atoms with van der Waals surface area (Å²) in [6.45, 7) is 22.3. The molecule has 282 valence electrons. The van der Waals surface area contributed by atoms with Gasteiger partial charge in [0.2, 0.25) is 0 Å². The van der Waals surface area contributed by atoms with Crippen molar-refractivity contribution in [2.45, 2.75) is 58.8 Å². The van der Waals surface area contributed by atoms with E-state index in [-0.39, 0.29) is 16.7 Å². The number of nitrogens with zero attached hydrogens (tertiary/aromatic N) is 3. The Morgan fingerprint density at radius 2 is 1.09 bits per heavy atom. The Kier molecular flexibility index (Phi) is 9.87. The van der Waals surface area contributed by atoms with Crippen LogP contribution in [0.15, 0.2) is 176 Å². The van der Waals surface area contributed by atoms with E-state index >= 15 is 0 Å². The van der Waals surface area contributed by atoms with Crippen molar-refractivity contribution in [3.63, 3.8) is 0 Å². The van der Waals surface area contributed by atoms with Crippen molar-refractivity contribution in [1.82, 2.24) is 14.5 Å². The van der Waals surface area contributed by atoms with Gasteiger partial charge in [-0.15, -0.1) is 0 Å². The van der Waals surface area contributed by atoms with Crippen LogP contribution in [-0.4, -0.2) is 14.5 Å². The quantitative estimate of drug-likeness (QED) is 0.145. The highest BCUT2D eigenvalue weighted by Crippen LogP contribution is 2.48. The maximum atomic E-state index is 5.33. The third-order valence-corrected chi connectivity index (χ3v) is 11.3. The number of benzene rings is 5. The van der Waals surface area contributed by atoms with Crippen LogP contribution in [-0.2, 0) is 10.8 Å². The lowest BCUT2D eigenvalue weighted by Crippen LogP contribution is -2.18. The van der Waals surface area contributed by atoms with E-state index in [0.717, 1.165) is 50.6 Å². The highest BCUT2D eigenvalue weighted by molar-refractivity contribution is 6.13. The third-order valence-electron chi connectivity index (χ3n) is 11.3. The molecule has 0 radical (unpaired) electrons. The van der Waals surface area contributed by atoms with Crippen LogP contribution < -0.4 is 0 Å². The van der Waals surface area contributed by atoms with E-state index in [2.05, 4.69) is 193 Å². The zero-order chi connectivity index (χ0) is 39.9. The average molecular weight is 742 g/mol. The Balaban J connectivity index is 1.48. The minimum atomic E-state index is -0.0942. The molecule has 3 heteroatoms. The van der Waals surface area contributed by atoms with Gasteiger partial charge in [-0.3, -0.25) is 0 Å². The fourth-order valence-corrected chi connectivity index (χ4v) is 8.15. The first-order valence-corrected chi connectivity index (χ1v) is 20.0. The number of hydrogen-bond acceptors (Lipinski definition) is 2. The first-order chi connectivity index (χ1) is 27.4. The zero-order valence-corrected chi connectivity index (χ0v) is 34.1. The Morgan fingerprint density at radius 3 is 1.53 bits per heavy atom. The van der Waals surface area contributed by atoms with Gasteiger partial charge in [0, 0.05) is 39.1 Å². The van der Waals surface area contributed by atoms with Crippen LogP contribution in [0.25, 0.3) is 61.2 Å². The topological polar surface area (TPSA) is 30.7 Å². The van der Waals surface area contributed by atoms with Crippen molar-refractivity contribution in [1.29, 1.82) is 0 Å². The van der Waals surface area contributed by atoms with Crippen molar-refractivity contribution in [3.05, 3.63) is 199 Å². The van der Waals surface area contributed by atoms with Gasteiger partial charge in [0.05, 0.1) is 22.4 Å². The second-order valence-electron chi connectivity index (χ2n) is 17.2. The van der Waals surface area contributed by atoms with Gasteiger partial charge in [-0.2, -0.15) is 0 Å². The van der Waals surface area contributed by atoms with Crippen molar-refractivity contribution in [2.24, 2.45) is 5.92 Å². The summed E-state index contributed by atoms with van der Waals surface area (Å²) in [4.78, 5) is 10.7. The molecule has 0 N–H and O–H groups in total. The molecule has 2 aromatic heterocycles. The second kappa shape index (κ2) is 15.0. The van der Waals surface area contributed by atoms with E-state index in [9.17, 15) is 0 Å². The van der Waals surface area contributed by atoms with Crippen LogP contribution in [0.4, 0.5) is 0 Å². The normalized spacial score (nSPS) is 15.2. The zero-order valence-electron chi connectivity index (χ0n) is 34.1. The fourth-order valence-electron chi connectivity index (χ4n) is 8.15. The summed E-state index contributed by atoms with van der Waals surface area (Å²) in [5, 5.41) is 2.52. The van der Waals surface area contributed by atoms with E-state index in [4.69, 9.17) is 9.97 Å². The standard InChI is InChI=1S/C54H51N3/c1-9-20-36(10-2)43-31-40(52-55-47(38-23-16-12-17-24-38)35-48(56-52)39-25-18-13-19-26-39)32-44(37-21-14-11-15-22-37)51(43)57-49-29-27-41(53(3,4)5)33-45(49)46-34-42(54(6,7)8)28-30-50(46)57/h9-30,32-35,43H,1-2,31H2,3-8H3/b36-20+. The molecular weight excluding hydrogens is 691 g/mol. The summed E-state index contributed by atoms with van der Waals surface area (Å²) in [5.41, 5.74) is 14.5. The first-order valence-electron chi connectivity index (χ1n) is 20.0. The van der Waals surface area contributed by atoms with Crippen molar-refractivity contribution < 1.29 is 0 Å². The van der Waals surface area contributed by atoms with Crippen molar-refractivity contribution in [2.75, 3.05) is 0 Å². The van der Waals surface area contributed by atoms with Gasteiger partial charge < -0.3 is 4.57 Å². The maximum Gasteiger partial charge on any atom is 0.156 e. The van der Waals surface area contributed by atoms with E-state index in [1.54, 1.807) is 0 Å². The average Bonchev–Trinajstić information content (AvgIpc) is 3.55. The molecule has 0 saturated carbocycles. The summed E-state index contributed by atoms with van der Waals surface area (Å²) in [6.07, 6.45) is 9.01. The van der Waals surface area contributed by atoms with E-state index in [1.165, 1.54) is 38.6 Å². The Hall–Kier alpha value is -6.32. The Labute approximate surface area is 338 Å². The predicted molar refractivity (Wildman–Crippen MR) is 244 cm³/mol. The van der Waals surface area contributed by atoms with Gasteiger partial charge in [0.1, 0.15) is 0 Å². The Bertz CT molecular complexity index is 2600. The van der Waals surface area contributed by atoms with E-state index in [1.807, 2.05) is 24.3 Å². The van der Waals surface area contributed by atoms with E-state index < -0.39 is 0 Å². The molecule has 1 atom stereocenters. The molecule has 0 fully saturated rings. The van der Waals surface area contributed by atoms with Gasteiger partial charge in [-0.1, -0.05) is 176 Å². The highest BCUT2D eigenvalue weighted by Gasteiger charge is 2.32. The van der Waals surface area contributed by atoms with Gasteiger partial charge in [-0.25, -0.2) is 9.97 Å². The summed E-state index contributed by atoms with van der Waals surface area (Å²) in [5.74, 6) is 0.629. The van der Waals surface area contributed by atoms with Crippen molar-refractivity contribution >= 4 is 38.6 Å². The number of aromatic nitrogens is 3. The van der Waals surface area contributed by atoms with Crippen LogP contribution in [0.5, 0.6) is 0 Å². The molecule has 0 amide bonds. The number of rotatable bonds is 8. The summed E-state index contributed by atoms with van der Waals surface area (Å²) < 4.78 is 2.53. The number of fused-ring (bicyclic) bond motifs is 3. The molecule has 5 aromatic carbocycles. The molecule has 0 aliphatic heterocycles. The lowest BCUT2D eigenvalue weighted by atomic mass is 9.79. The first kappa shape index (κ1) is 37.6. The summed E-state index contributed by atoms with van der Waals surface area (Å²) in [6, 6.07) is 47.8. The SMILES string of the molecule is C=C/C=C(\C=C)C1CC(c2nc(-c3ccccc3)cc(-c3ccccc3)n2)=CC(c2ccccc2)=C1n1c2ccc(C(C)(C)C)cc2c2cc(C(C)(C)C)ccc21. The van der Waals surface area contributed by atoms with Crippen LogP contribution >= 0.6 is 0 Å². The minimum absolute atomic E-state index is 0.000666. The molecular formula is C54H51N3. The van der Waals surface area contributed by atoms with Gasteiger partial charge in [-0.05, 0) is 81.5 Å². The largest absolute Gasteiger partial charge is 0.312 e. The molecule has 0 bridgehead atoms. The minimum Gasteiger partial charge on any atom is -0.312 e. The molecule has 1 unspecified atom stereocenters. The lowest BCUT2D eigenvalue weighted by Gasteiger charge is -2.32. The maximum absolute atomic E-state index is 5.33. The number of allylic oxidation sites excluding steroid dienone is 8. The summed E-state index contributed by atoms with van der Waals surface area (Å²) >= 11 is 0. The molecule has 8 rings (SSSR count). The van der Waals surface area contributed by atoms with Gasteiger partial charge in [0.15, 0.2) is 5.82 Å². The van der Waals surface area contributed by atoms with Crippen LogP contribution in [0.1, 0.15) is 70.5 Å². The van der Waals surface area contributed by atoms with Crippen molar-refractivity contribution in [3.8, 4) is 22.5 Å². The second-order valence-corrected chi connectivity index (χ2v) is 17.2. The van der Waals surface area contributed by atoms with Crippen LogP contribution in [0, 0.1) is 5.92 Å². The molecule has 1 aliphatic carbocycles. The van der Waals surface area contributed by atoms with Gasteiger partial charge >= 0.3 is 0 Å². The molecule has 7 aromatic rings.